The molecule has 0 aliphatic carbocycles. The van der Waals surface area contributed by atoms with Gasteiger partial charge in [-0.25, -0.2) is 4.98 Å². The first kappa shape index (κ1) is 23.6. The molecule has 3 N–H and O–H groups in total. The van der Waals surface area contributed by atoms with Crippen LogP contribution in [0.25, 0.3) is 11.3 Å². The molecule has 1 aromatic heterocycles. The predicted octanol–water partition coefficient (Wildman–Crippen LogP) is 4.41. The summed E-state index contributed by atoms with van der Waals surface area (Å²) in [6, 6.07) is 15.9. The van der Waals surface area contributed by atoms with Crippen molar-refractivity contribution >= 4 is 39.9 Å². The van der Waals surface area contributed by atoms with E-state index in [4.69, 9.17) is 0 Å². The number of hydrogen-bond acceptors (Lipinski definition) is 5. The van der Waals surface area contributed by atoms with Crippen molar-refractivity contribution in [2.75, 3.05) is 17.2 Å². The molecular formula is C26H28N4O3S. The molecule has 0 saturated carbocycles. The molecule has 0 radical (unpaired) electrons. The second-order valence-electron chi connectivity index (χ2n) is 8.46. The topological polar surface area (TPSA) is 100 Å². The Labute approximate surface area is 203 Å². The lowest BCUT2D eigenvalue weighted by molar-refractivity contribution is -0.121. The SMILES string of the molecule is CC(=O)NCCCc1ccc(-c2csc(NC(=O)CCC3Cc4ccccc4NC3=O)n2)cc1. The highest BCUT2D eigenvalue weighted by atomic mass is 32.1. The van der Waals surface area contributed by atoms with Gasteiger partial charge in [-0.3, -0.25) is 14.4 Å². The highest BCUT2D eigenvalue weighted by Gasteiger charge is 2.26. The number of rotatable bonds is 9. The summed E-state index contributed by atoms with van der Waals surface area (Å²) >= 11 is 1.39. The minimum absolute atomic E-state index is 0.00738. The fourth-order valence-electron chi connectivity index (χ4n) is 4.00. The highest BCUT2D eigenvalue weighted by Crippen LogP contribution is 2.28. The molecule has 1 unspecified atom stereocenters. The molecule has 3 aromatic rings. The summed E-state index contributed by atoms with van der Waals surface area (Å²) in [5.74, 6) is -0.375. The van der Waals surface area contributed by atoms with Crippen molar-refractivity contribution in [3.05, 3.63) is 65.0 Å². The van der Waals surface area contributed by atoms with Gasteiger partial charge in [-0.15, -0.1) is 11.3 Å². The summed E-state index contributed by atoms with van der Waals surface area (Å²) in [5.41, 5.74) is 4.97. The minimum atomic E-state index is -0.204. The van der Waals surface area contributed by atoms with Crippen molar-refractivity contribution in [2.24, 2.45) is 5.92 Å². The Kier molecular flexibility index (Phi) is 7.69. The van der Waals surface area contributed by atoms with E-state index in [1.54, 1.807) is 0 Å². The number of nitrogens with one attached hydrogen (secondary N) is 3. The molecule has 0 spiro atoms. The fraction of sp³-hybridized carbons (Fsp3) is 0.308. The number of para-hydroxylation sites is 1. The molecular weight excluding hydrogens is 448 g/mol. The van der Waals surface area contributed by atoms with Crippen molar-refractivity contribution in [2.45, 2.75) is 39.0 Å². The van der Waals surface area contributed by atoms with Crippen LogP contribution in [0.15, 0.2) is 53.9 Å². The summed E-state index contributed by atoms with van der Waals surface area (Å²) in [7, 11) is 0. The number of anilines is 2. The van der Waals surface area contributed by atoms with Crippen molar-refractivity contribution in [1.29, 1.82) is 0 Å². The Bertz CT molecular complexity index is 1170. The Morgan fingerprint density at radius 2 is 1.94 bits per heavy atom. The lowest BCUT2D eigenvalue weighted by Crippen LogP contribution is -2.30. The normalized spacial score (nSPS) is 14.7. The molecule has 2 heterocycles. The van der Waals surface area contributed by atoms with E-state index in [0.717, 1.165) is 35.3 Å². The number of aryl methyl sites for hydroxylation is 1. The van der Waals surface area contributed by atoms with Gasteiger partial charge in [0, 0.05) is 42.4 Å². The molecule has 8 heteroatoms. The minimum Gasteiger partial charge on any atom is -0.356 e. The second kappa shape index (κ2) is 11.1. The number of benzene rings is 2. The molecule has 176 valence electrons. The summed E-state index contributed by atoms with van der Waals surface area (Å²) in [4.78, 5) is 40.3. The van der Waals surface area contributed by atoms with Crippen molar-refractivity contribution in [3.8, 4) is 11.3 Å². The van der Waals surface area contributed by atoms with Gasteiger partial charge in [0.1, 0.15) is 0 Å². The van der Waals surface area contributed by atoms with Gasteiger partial charge >= 0.3 is 0 Å². The lowest BCUT2D eigenvalue weighted by atomic mass is 9.89. The second-order valence-corrected chi connectivity index (χ2v) is 9.31. The van der Waals surface area contributed by atoms with Crippen LogP contribution in [0.3, 0.4) is 0 Å². The largest absolute Gasteiger partial charge is 0.356 e. The van der Waals surface area contributed by atoms with Gasteiger partial charge in [-0.05, 0) is 42.9 Å². The molecule has 0 bridgehead atoms. The molecule has 1 aliphatic rings. The third-order valence-corrected chi connectivity index (χ3v) is 6.61. The Hall–Kier alpha value is -3.52. The summed E-state index contributed by atoms with van der Waals surface area (Å²) in [5, 5.41) is 11.1. The van der Waals surface area contributed by atoms with Gasteiger partial charge in [-0.2, -0.15) is 0 Å². The van der Waals surface area contributed by atoms with Gasteiger partial charge in [0.05, 0.1) is 5.69 Å². The van der Waals surface area contributed by atoms with E-state index in [1.165, 1.54) is 23.8 Å². The van der Waals surface area contributed by atoms with Gasteiger partial charge in [0.2, 0.25) is 17.7 Å². The number of nitrogens with zero attached hydrogens (tertiary/aromatic N) is 1. The van der Waals surface area contributed by atoms with Crippen molar-refractivity contribution in [3.63, 3.8) is 0 Å². The van der Waals surface area contributed by atoms with Gasteiger partial charge in [0.25, 0.3) is 0 Å². The number of carbonyl (C=O) groups excluding carboxylic acids is 3. The number of fused-ring (bicyclic) bond motifs is 1. The lowest BCUT2D eigenvalue weighted by Gasteiger charge is -2.24. The molecule has 0 fully saturated rings. The third kappa shape index (κ3) is 6.29. The molecule has 2 aromatic carbocycles. The van der Waals surface area contributed by atoms with Gasteiger partial charge in [-0.1, -0.05) is 42.5 Å². The maximum absolute atomic E-state index is 12.5. The number of aromatic nitrogens is 1. The van der Waals surface area contributed by atoms with E-state index in [1.807, 2.05) is 41.8 Å². The van der Waals surface area contributed by atoms with Crippen molar-refractivity contribution in [1.82, 2.24) is 10.3 Å². The smallest absolute Gasteiger partial charge is 0.227 e. The van der Waals surface area contributed by atoms with Crippen LogP contribution in [0.2, 0.25) is 0 Å². The van der Waals surface area contributed by atoms with Crippen LogP contribution in [0, 0.1) is 5.92 Å². The standard InChI is InChI=1S/C26H28N4O3S/c1-17(31)27-14-4-5-18-8-10-19(11-9-18)23-16-34-26(29-23)30-24(32)13-12-21-15-20-6-2-3-7-22(20)28-25(21)33/h2-3,6-11,16,21H,4-5,12-15H2,1H3,(H,27,31)(H,28,33)(H,29,30,32). The van der Waals surface area contributed by atoms with Crippen LogP contribution in [0.1, 0.15) is 37.3 Å². The number of amides is 3. The van der Waals surface area contributed by atoms with E-state index >= 15 is 0 Å². The van der Waals surface area contributed by atoms with Crippen LogP contribution < -0.4 is 16.0 Å². The zero-order chi connectivity index (χ0) is 23.9. The van der Waals surface area contributed by atoms with Gasteiger partial charge < -0.3 is 16.0 Å². The van der Waals surface area contributed by atoms with E-state index in [0.29, 0.717) is 24.5 Å². The van der Waals surface area contributed by atoms with E-state index in [9.17, 15) is 14.4 Å². The van der Waals surface area contributed by atoms with E-state index < -0.39 is 0 Å². The first-order chi connectivity index (χ1) is 16.5. The number of hydrogen-bond donors (Lipinski definition) is 3. The zero-order valence-corrected chi connectivity index (χ0v) is 19.9. The predicted molar refractivity (Wildman–Crippen MR) is 135 cm³/mol. The number of carbonyl (C=O) groups is 3. The molecule has 4 rings (SSSR count). The molecule has 3 amide bonds. The molecule has 34 heavy (non-hydrogen) atoms. The van der Waals surface area contributed by atoms with Crippen molar-refractivity contribution < 1.29 is 14.4 Å². The van der Waals surface area contributed by atoms with E-state index in [2.05, 4.69) is 33.1 Å². The van der Waals surface area contributed by atoms with Crippen LogP contribution in [0.4, 0.5) is 10.8 Å². The first-order valence-electron chi connectivity index (χ1n) is 11.5. The number of thiazole rings is 1. The van der Waals surface area contributed by atoms with Crippen LogP contribution in [0.5, 0.6) is 0 Å². The van der Waals surface area contributed by atoms with Crippen LogP contribution in [-0.2, 0) is 27.2 Å². The van der Waals surface area contributed by atoms with E-state index in [-0.39, 0.29) is 30.1 Å². The molecule has 0 saturated heterocycles. The maximum Gasteiger partial charge on any atom is 0.227 e. The molecule has 1 atom stereocenters. The molecule has 1 aliphatic heterocycles. The zero-order valence-electron chi connectivity index (χ0n) is 19.1. The molecule has 7 nitrogen and oxygen atoms in total. The fourth-order valence-corrected chi connectivity index (χ4v) is 4.73. The average Bonchev–Trinajstić information content (AvgIpc) is 3.29. The average molecular weight is 477 g/mol. The summed E-state index contributed by atoms with van der Waals surface area (Å²) in [6.45, 7) is 2.19. The quantitative estimate of drug-likeness (QED) is 0.398. The summed E-state index contributed by atoms with van der Waals surface area (Å²) < 4.78 is 0. The Balaban J connectivity index is 1.25. The van der Waals surface area contributed by atoms with Crippen LogP contribution >= 0.6 is 11.3 Å². The Morgan fingerprint density at radius 1 is 1.15 bits per heavy atom. The maximum atomic E-state index is 12.5. The van der Waals surface area contributed by atoms with Crippen LogP contribution in [-0.4, -0.2) is 29.3 Å². The monoisotopic (exact) mass is 476 g/mol. The summed E-state index contributed by atoms with van der Waals surface area (Å²) in [6.07, 6.45) is 3.19. The van der Waals surface area contributed by atoms with Gasteiger partial charge in [0.15, 0.2) is 5.13 Å². The Morgan fingerprint density at radius 3 is 2.74 bits per heavy atom. The first-order valence-corrected chi connectivity index (χ1v) is 12.3. The third-order valence-electron chi connectivity index (χ3n) is 5.85. The highest BCUT2D eigenvalue weighted by molar-refractivity contribution is 7.14.